The highest BCUT2D eigenvalue weighted by molar-refractivity contribution is 6.52. The van der Waals surface area contributed by atoms with Crippen molar-refractivity contribution in [2.45, 2.75) is 40.5 Å². The topological polar surface area (TPSA) is 91.8 Å². The van der Waals surface area contributed by atoms with Gasteiger partial charge in [0.25, 0.3) is 6.43 Å². The zero-order valence-electron chi connectivity index (χ0n) is 22.3. The van der Waals surface area contributed by atoms with E-state index < -0.39 is 18.8 Å². The van der Waals surface area contributed by atoms with Gasteiger partial charge in [-0.15, -0.1) is 0 Å². The van der Waals surface area contributed by atoms with E-state index in [1.54, 1.807) is 55.9 Å². The second-order valence-corrected chi connectivity index (χ2v) is 8.79. The van der Waals surface area contributed by atoms with E-state index in [0.717, 1.165) is 5.57 Å². The smallest absolute Gasteiger partial charge is 0.255 e. The van der Waals surface area contributed by atoms with Crippen LogP contribution in [-0.4, -0.2) is 57.4 Å². The summed E-state index contributed by atoms with van der Waals surface area (Å²) in [5, 5.41) is 7.05. The Morgan fingerprint density at radius 2 is 2.08 bits per heavy atom. The minimum atomic E-state index is -2.54. The molecule has 0 spiro atoms. The molecule has 39 heavy (non-hydrogen) atoms. The molecule has 0 radical (unpaired) electrons. The largest absolute Gasteiger partial charge is 0.457 e. The third kappa shape index (κ3) is 6.16. The van der Waals surface area contributed by atoms with Gasteiger partial charge < -0.3 is 15.0 Å². The molecule has 2 aromatic heterocycles. The Morgan fingerprint density at radius 1 is 1.28 bits per heavy atom. The third-order valence-electron chi connectivity index (χ3n) is 6.10. The minimum Gasteiger partial charge on any atom is -0.457 e. The van der Waals surface area contributed by atoms with Crippen LogP contribution < -0.4 is 10.1 Å². The summed E-state index contributed by atoms with van der Waals surface area (Å²) in [6, 6.07) is 6.58. The Hall–Kier alpha value is -4.48. The number of benzene rings is 1. The van der Waals surface area contributed by atoms with Crippen LogP contribution in [0.4, 0.5) is 18.9 Å². The normalized spacial score (nSPS) is 16.2. The van der Waals surface area contributed by atoms with Gasteiger partial charge in [0.2, 0.25) is 0 Å². The zero-order chi connectivity index (χ0) is 28.1. The number of fused-ring (bicyclic) bond motifs is 1. The SMILES string of the molecule is C/C=C1/N=CN=C(Nc2ccc(Oc3ccn4ncnc4c3)c(C)c2F)/C1=N/C(=C(\C)CC)N(C)CC(F)F. The summed E-state index contributed by atoms with van der Waals surface area (Å²) in [6.07, 6.45) is 4.25. The molecule has 0 fully saturated rings. The van der Waals surface area contributed by atoms with Crippen molar-refractivity contribution in [1.29, 1.82) is 0 Å². The summed E-state index contributed by atoms with van der Waals surface area (Å²) in [5.41, 5.74) is 2.60. The molecule has 3 heterocycles. The molecule has 204 valence electrons. The zero-order valence-corrected chi connectivity index (χ0v) is 22.3. The fourth-order valence-corrected chi connectivity index (χ4v) is 3.86. The lowest BCUT2D eigenvalue weighted by Crippen LogP contribution is -2.30. The van der Waals surface area contributed by atoms with Crippen LogP contribution in [0.5, 0.6) is 11.5 Å². The molecule has 0 amide bonds. The first-order chi connectivity index (χ1) is 18.7. The number of halogens is 3. The lowest BCUT2D eigenvalue weighted by atomic mass is 10.1. The highest BCUT2D eigenvalue weighted by atomic mass is 19.3. The van der Waals surface area contributed by atoms with Gasteiger partial charge in [0.15, 0.2) is 17.3 Å². The molecule has 4 rings (SSSR count). The van der Waals surface area contributed by atoms with Crippen LogP contribution in [0.1, 0.15) is 32.8 Å². The molecule has 0 saturated heterocycles. The first-order valence-corrected chi connectivity index (χ1v) is 12.3. The standard InChI is InChI=1S/C27H29F3N8O/c1-6-16(3)27(37(5)13-22(28)29)36-25-19(7-2)31-14-33-26(25)35-20-8-9-21(17(4)24(20)30)39-18-10-11-38-23(12-18)32-15-34-38/h7-12,14-15,22H,6,13H2,1-5H3,(H,31,33,35)/b19-7+,27-16-,36-25+. The lowest BCUT2D eigenvalue weighted by Gasteiger charge is -2.23. The van der Waals surface area contributed by atoms with Crippen LogP contribution in [0.2, 0.25) is 0 Å². The average molecular weight is 539 g/mol. The molecule has 9 nitrogen and oxygen atoms in total. The fraction of sp³-hybridized carbons (Fsp3) is 0.296. The van der Waals surface area contributed by atoms with Crippen LogP contribution in [0.3, 0.4) is 0 Å². The van der Waals surface area contributed by atoms with Gasteiger partial charge in [0, 0.05) is 24.9 Å². The predicted octanol–water partition coefficient (Wildman–Crippen LogP) is 6.00. The van der Waals surface area contributed by atoms with Crippen LogP contribution in [0.15, 0.2) is 74.9 Å². The number of allylic oxidation sites excluding steroid dienone is 2. The van der Waals surface area contributed by atoms with Gasteiger partial charge in [-0.1, -0.05) is 13.0 Å². The lowest BCUT2D eigenvalue weighted by molar-refractivity contribution is 0.112. The van der Waals surface area contributed by atoms with Gasteiger partial charge in [0.05, 0.1) is 17.9 Å². The maximum absolute atomic E-state index is 15.5. The number of hydrogen-bond donors (Lipinski definition) is 1. The van der Waals surface area contributed by atoms with E-state index in [4.69, 9.17) is 4.74 Å². The monoisotopic (exact) mass is 538 g/mol. The van der Waals surface area contributed by atoms with E-state index in [1.165, 1.54) is 23.6 Å². The van der Waals surface area contributed by atoms with E-state index in [-0.39, 0.29) is 17.1 Å². The van der Waals surface area contributed by atoms with E-state index in [2.05, 4.69) is 30.4 Å². The summed E-state index contributed by atoms with van der Waals surface area (Å²) < 4.78 is 49.4. The Labute approximate surface area is 224 Å². The third-order valence-corrected chi connectivity index (χ3v) is 6.10. The molecule has 1 aliphatic rings. The molecule has 0 aliphatic carbocycles. The molecule has 1 N–H and O–H groups in total. The van der Waals surface area contributed by atoms with Crippen molar-refractivity contribution < 1.29 is 17.9 Å². The highest BCUT2D eigenvalue weighted by Crippen LogP contribution is 2.31. The second kappa shape index (κ2) is 11.9. The molecule has 0 unspecified atom stereocenters. The summed E-state index contributed by atoms with van der Waals surface area (Å²) in [6.45, 7) is 6.64. The second-order valence-electron chi connectivity index (χ2n) is 8.79. The molecule has 0 atom stereocenters. The first kappa shape index (κ1) is 27.6. The van der Waals surface area contributed by atoms with Gasteiger partial charge in [0.1, 0.15) is 35.7 Å². The summed E-state index contributed by atoms with van der Waals surface area (Å²) in [5.74, 6) is 0.877. The van der Waals surface area contributed by atoms with E-state index in [1.807, 2.05) is 13.8 Å². The summed E-state index contributed by atoms with van der Waals surface area (Å²) >= 11 is 0. The molecule has 12 heteroatoms. The van der Waals surface area contributed by atoms with Gasteiger partial charge in [-0.3, -0.25) is 0 Å². The molecule has 0 saturated carbocycles. The Bertz CT molecular complexity index is 1520. The number of amidine groups is 1. The number of aromatic nitrogens is 3. The first-order valence-electron chi connectivity index (χ1n) is 12.3. The molecule has 1 aliphatic heterocycles. The van der Waals surface area contributed by atoms with E-state index in [0.29, 0.717) is 40.8 Å². The van der Waals surface area contributed by atoms with Crippen LogP contribution >= 0.6 is 0 Å². The van der Waals surface area contributed by atoms with Crippen molar-refractivity contribution in [1.82, 2.24) is 19.5 Å². The quantitative estimate of drug-likeness (QED) is 0.380. The van der Waals surface area contributed by atoms with Crippen LogP contribution in [0.25, 0.3) is 5.65 Å². The van der Waals surface area contributed by atoms with Gasteiger partial charge in [-0.25, -0.2) is 37.6 Å². The Kier molecular flexibility index (Phi) is 8.43. The highest BCUT2D eigenvalue weighted by Gasteiger charge is 2.22. The van der Waals surface area contributed by atoms with Gasteiger partial charge >= 0.3 is 0 Å². The number of ether oxygens (including phenoxy) is 1. The number of aliphatic imine (C=N–C) groups is 3. The number of hydrogen-bond acceptors (Lipinski definition) is 8. The van der Waals surface area contributed by atoms with Crippen molar-refractivity contribution in [3.8, 4) is 11.5 Å². The maximum atomic E-state index is 15.5. The molecule has 1 aromatic carbocycles. The number of rotatable bonds is 8. The van der Waals surface area contributed by atoms with Crippen molar-refractivity contribution in [2.24, 2.45) is 15.0 Å². The minimum absolute atomic E-state index is 0.142. The van der Waals surface area contributed by atoms with E-state index >= 15 is 4.39 Å². The number of alkyl halides is 2. The van der Waals surface area contributed by atoms with E-state index in [9.17, 15) is 8.78 Å². The number of pyridine rings is 1. The van der Waals surface area contributed by atoms with Crippen molar-refractivity contribution in [2.75, 3.05) is 18.9 Å². The molecule has 0 bridgehead atoms. The molecular weight excluding hydrogens is 509 g/mol. The predicted molar refractivity (Wildman–Crippen MR) is 147 cm³/mol. The number of nitrogens with one attached hydrogen (secondary N) is 1. The van der Waals surface area contributed by atoms with Crippen molar-refractivity contribution in [3.63, 3.8) is 0 Å². The van der Waals surface area contributed by atoms with Crippen LogP contribution in [0, 0.1) is 12.7 Å². The maximum Gasteiger partial charge on any atom is 0.255 e. The van der Waals surface area contributed by atoms with Crippen molar-refractivity contribution in [3.05, 3.63) is 71.3 Å². The summed E-state index contributed by atoms with van der Waals surface area (Å²) in [4.78, 5) is 18.8. The van der Waals surface area contributed by atoms with Crippen molar-refractivity contribution >= 4 is 29.2 Å². The summed E-state index contributed by atoms with van der Waals surface area (Å²) in [7, 11) is 1.55. The number of anilines is 1. The Balaban J connectivity index is 1.65. The molecule has 3 aromatic rings. The Morgan fingerprint density at radius 3 is 2.79 bits per heavy atom. The molecular formula is C27H29F3N8O. The van der Waals surface area contributed by atoms with Crippen LogP contribution in [-0.2, 0) is 0 Å². The fourth-order valence-electron chi connectivity index (χ4n) is 3.86. The average Bonchev–Trinajstić information content (AvgIpc) is 3.39. The van der Waals surface area contributed by atoms with Gasteiger partial charge in [-0.05, 0) is 51.0 Å². The number of nitrogens with zero attached hydrogens (tertiary/aromatic N) is 7. The van der Waals surface area contributed by atoms with Gasteiger partial charge in [-0.2, -0.15) is 5.10 Å².